The zero-order valence-corrected chi connectivity index (χ0v) is 10.7. The molecule has 0 fully saturated rings. The van der Waals surface area contributed by atoms with E-state index in [0.717, 1.165) is 16.7 Å². The molecule has 0 N–H and O–H groups in total. The number of hydrogen-bond donors (Lipinski definition) is 0. The second kappa shape index (κ2) is 4.56. The van der Waals surface area contributed by atoms with Gasteiger partial charge < -0.3 is 4.68 Å². The van der Waals surface area contributed by atoms with Crippen molar-refractivity contribution in [2.75, 3.05) is 0 Å². The second-order valence-corrected chi connectivity index (χ2v) is 3.23. The molecular formula is C12H8IrN3-. The third-order valence-electron chi connectivity index (χ3n) is 2.20. The van der Waals surface area contributed by atoms with Crippen LogP contribution in [-0.4, -0.2) is 14.8 Å². The summed E-state index contributed by atoms with van der Waals surface area (Å²) in [5.74, 6) is 0.786. The largest absolute Gasteiger partial charge is 0.311 e. The van der Waals surface area contributed by atoms with Crippen LogP contribution < -0.4 is 0 Å². The van der Waals surface area contributed by atoms with Gasteiger partial charge in [-0.25, -0.2) is 5.10 Å². The summed E-state index contributed by atoms with van der Waals surface area (Å²) < 4.78 is 1.67. The number of rotatable bonds is 1. The first-order chi connectivity index (χ1) is 7.43. The van der Waals surface area contributed by atoms with Crippen molar-refractivity contribution < 1.29 is 20.1 Å². The molecular weight excluding hydrogens is 378 g/mol. The van der Waals surface area contributed by atoms with Crippen LogP contribution >= 0.6 is 0 Å². The Hall–Kier alpha value is -1.51. The summed E-state index contributed by atoms with van der Waals surface area (Å²) in [5, 5.41) is 5.38. The first-order valence-electron chi connectivity index (χ1n) is 4.72. The van der Waals surface area contributed by atoms with Gasteiger partial charge in [0, 0.05) is 31.8 Å². The van der Waals surface area contributed by atoms with Gasteiger partial charge >= 0.3 is 0 Å². The van der Waals surface area contributed by atoms with E-state index in [1.54, 1.807) is 10.9 Å². The monoisotopic (exact) mass is 387 g/mol. The molecule has 0 bridgehead atoms. The summed E-state index contributed by atoms with van der Waals surface area (Å²) >= 11 is 0. The van der Waals surface area contributed by atoms with Crippen molar-refractivity contribution in [3.8, 4) is 5.82 Å². The second-order valence-electron chi connectivity index (χ2n) is 3.23. The molecule has 0 unspecified atom stereocenters. The van der Waals surface area contributed by atoms with Crippen LogP contribution in [0.3, 0.4) is 0 Å². The Morgan fingerprint density at radius 3 is 2.56 bits per heavy atom. The van der Waals surface area contributed by atoms with Gasteiger partial charge in [-0.15, -0.1) is 17.5 Å². The van der Waals surface area contributed by atoms with E-state index in [0.29, 0.717) is 0 Å². The van der Waals surface area contributed by atoms with Crippen LogP contribution in [0.5, 0.6) is 0 Å². The van der Waals surface area contributed by atoms with Crippen molar-refractivity contribution in [2.24, 2.45) is 0 Å². The molecule has 3 nitrogen and oxygen atoms in total. The standard InChI is InChI=1S/C12H8N3.Ir/c1-2-6-11-10(5-1)9-15(14-11)12-7-3-4-8-13-12;/h1-8H;/q-1;. The van der Waals surface area contributed by atoms with Crippen molar-refractivity contribution in [1.29, 1.82) is 0 Å². The Labute approximate surface area is 106 Å². The molecule has 0 aliphatic carbocycles. The zero-order chi connectivity index (χ0) is 10.1. The molecule has 2 heterocycles. The third-order valence-corrected chi connectivity index (χ3v) is 2.20. The summed E-state index contributed by atoms with van der Waals surface area (Å²) in [6, 6.07) is 13.6. The minimum atomic E-state index is 0. The van der Waals surface area contributed by atoms with E-state index in [1.165, 1.54) is 0 Å². The Morgan fingerprint density at radius 2 is 1.81 bits per heavy atom. The van der Waals surface area contributed by atoms with E-state index in [9.17, 15) is 0 Å². The zero-order valence-electron chi connectivity index (χ0n) is 8.29. The van der Waals surface area contributed by atoms with Gasteiger partial charge in [0.05, 0.1) is 5.82 Å². The normalized spacial score (nSPS) is 10.0. The average molecular weight is 386 g/mol. The Kier molecular flexibility index (Phi) is 3.13. The summed E-state index contributed by atoms with van der Waals surface area (Å²) in [5.41, 5.74) is 0.933. The van der Waals surface area contributed by atoms with Crippen LogP contribution in [-0.2, 0) is 20.1 Å². The van der Waals surface area contributed by atoms with E-state index in [2.05, 4.69) is 16.3 Å². The number of nitrogens with zero attached hydrogens (tertiary/aromatic N) is 3. The van der Waals surface area contributed by atoms with Crippen LogP contribution in [0, 0.1) is 6.20 Å². The minimum Gasteiger partial charge on any atom is -0.311 e. The van der Waals surface area contributed by atoms with E-state index >= 15 is 0 Å². The van der Waals surface area contributed by atoms with Gasteiger partial charge in [-0.1, -0.05) is 24.3 Å². The average Bonchev–Trinajstić information content (AvgIpc) is 2.74. The fraction of sp³-hybridized carbons (Fsp3) is 0. The van der Waals surface area contributed by atoms with Crippen molar-refractivity contribution in [2.45, 2.75) is 0 Å². The van der Waals surface area contributed by atoms with Gasteiger partial charge in [0.1, 0.15) is 0 Å². The SMILES string of the molecule is [Ir].[c-]1c2ccccc2nn1-c1ccccn1. The predicted molar refractivity (Wildman–Crippen MR) is 57.7 cm³/mol. The summed E-state index contributed by atoms with van der Waals surface area (Å²) in [6.45, 7) is 0. The molecule has 0 spiro atoms. The molecule has 16 heavy (non-hydrogen) atoms. The Balaban J connectivity index is 0.000000963. The van der Waals surface area contributed by atoms with Crippen molar-refractivity contribution in [3.63, 3.8) is 0 Å². The maximum Gasteiger partial charge on any atom is 0.0780 e. The molecule has 0 aliphatic heterocycles. The van der Waals surface area contributed by atoms with Gasteiger partial charge in [0.2, 0.25) is 0 Å². The summed E-state index contributed by atoms with van der Waals surface area (Å²) in [6.07, 6.45) is 4.90. The van der Waals surface area contributed by atoms with E-state index in [4.69, 9.17) is 0 Å². The number of benzene rings is 1. The smallest absolute Gasteiger partial charge is 0.0780 e. The molecule has 1 radical (unpaired) electrons. The van der Waals surface area contributed by atoms with Crippen molar-refractivity contribution in [1.82, 2.24) is 14.8 Å². The van der Waals surface area contributed by atoms with Crippen molar-refractivity contribution >= 4 is 10.9 Å². The molecule has 81 valence electrons. The first-order valence-corrected chi connectivity index (χ1v) is 4.72. The minimum absolute atomic E-state index is 0. The van der Waals surface area contributed by atoms with E-state index < -0.39 is 0 Å². The van der Waals surface area contributed by atoms with Gasteiger partial charge in [0.25, 0.3) is 0 Å². The molecule has 0 aliphatic rings. The van der Waals surface area contributed by atoms with E-state index in [1.807, 2.05) is 42.5 Å². The topological polar surface area (TPSA) is 30.7 Å². The van der Waals surface area contributed by atoms with Crippen LogP contribution in [0.2, 0.25) is 0 Å². The predicted octanol–water partition coefficient (Wildman–Crippen LogP) is 2.22. The molecule has 3 aromatic rings. The maximum atomic E-state index is 4.38. The van der Waals surface area contributed by atoms with Crippen LogP contribution in [0.15, 0.2) is 48.7 Å². The fourth-order valence-electron chi connectivity index (χ4n) is 1.49. The van der Waals surface area contributed by atoms with Gasteiger partial charge in [-0.05, 0) is 12.3 Å². The van der Waals surface area contributed by atoms with Gasteiger partial charge in [-0.2, -0.15) is 0 Å². The number of fused-ring (bicyclic) bond motifs is 1. The number of pyridine rings is 1. The molecule has 0 saturated carbocycles. The molecule has 1 aromatic carbocycles. The number of hydrogen-bond acceptors (Lipinski definition) is 2. The molecule has 0 atom stereocenters. The first kappa shape index (κ1) is 11.0. The molecule has 0 saturated heterocycles. The molecule has 0 amide bonds. The summed E-state index contributed by atoms with van der Waals surface area (Å²) in [7, 11) is 0. The third kappa shape index (κ3) is 1.90. The van der Waals surface area contributed by atoms with Gasteiger partial charge in [0.15, 0.2) is 0 Å². The molecule has 3 rings (SSSR count). The van der Waals surface area contributed by atoms with Crippen LogP contribution in [0.4, 0.5) is 0 Å². The molecule has 4 heteroatoms. The molecule has 2 aromatic heterocycles. The number of aromatic nitrogens is 3. The van der Waals surface area contributed by atoms with E-state index in [-0.39, 0.29) is 20.1 Å². The maximum absolute atomic E-state index is 4.38. The fourth-order valence-corrected chi connectivity index (χ4v) is 1.49. The Morgan fingerprint density at radius 1 is 1.00 bits per heavy atom. The van der Waals surface area contributed by atoms with Crippen LogP contribution in [0.25, 0.3) is 16.7 Å². The summed E-state index contributed by atoms with van der Waals surface area (Å²) in [4.78, 5) is 4.21. The Bertz CT molecular complexity index is 556. The quantitative estimate of drug-likeness (QED) is 0.601. The van der Waals surface area contributed by atoms with Gasteiger partial charge in [-0.3, -0.25) is 4.98 Å². The van der Waals surface area contributed by atoms with Crippen molar-refractivity contribution in [3.05, 3.63) is 54.9 Å². The van der Waals surface area contributed by atoms with Crippen LogP contribution in [0.1, 0.15) is 0 Å².